The van der Waals surface area contributed by atoms with Crippen LogP contribution in [0.1, 0.15) is 21.5 Å². The van der Waals surface area contributed by atoms with Crippen LogP contribution in [0.5, 0.6) is 0 Å². The third-order valence-corrected chi connectivity index (χ3v) is 2.07. The average Bonchev–Trinajstić information content (AvgIpc) is 2.05. The third-order valence-electron chi connectivity index (χ3n) is 2.07. The Labute approximate surface area is 84.3 Å². The molecule has 15 heavy (non-hydrogen) atoms. The molecule has 0 aliphatic rings. The summed E-state index contributed by atoms with van der Waals surface area (Å²) in [5, 5.41) is 8.71. The summed E-state index contributed by atoms with van der Waals surface area (Å²) >= 11 is 0. The Morgan fingerprint density at radius 2 is 2.00 bits per heavy atom. The van der Waals surface area contributed by atoms with Gasteiger partial charge in [0.15, 0.2) is 0 Å². The number of carboxylic acid groups (broad SMARTS) is 1. The van der Waals surface area contributed by atoms with Gasteiger partial charge in [0.1, 0.15) is 0 Å². The average molecular weight is 218 g/mol. The molecular formula is C10H9F3O2. The van der Waals surface area contributed by atoms with E-state index in [2.05, 4.69) is 0 Å². The zero-order valence-electron chi connectivity index (χ0n) is 7.93. The lowest BCUT2D eigenvalue weighted by Crippen LogP contribution is -2.14. The molecule has 0 aromatic heterocycles. The maximum atomic E-state index is 12.1. The van der Waals surface area contributed by atoms with Crippen LogP contribution >= 0.6 is 0 Å². The van der Waals surface area contributed by atoms with Gasteiger partial charge >= 0.3 is 12.1 Å². The Balaban J connectivity index is 3.10. The van der Waals surface area contributed by atoms with Crippen LogP contribution < -0.4 is 0 Å². The predicted molar refractivity (Wildman–Crippen MR) is 47.9 cm³/mol. The highest BCUT2D eigenvalue weighted by molar-refractivity contribution is 5.89. The first kappa shape index (κ1) is 11.6. The fourth-order valence-electron chi connectivity index (χ4n) is 1.32. The molecule has 0 fully saturated rings. The smallest absolute Gasteiger partial charge is 0.393 e. The van der Waals surface area contributed by atoms with Crippen molar-refractivity contribution in [3.05, 3.63) is 34.9 Å². The van der Waals surface area contributed by atoms with Gasteiger partial charge in [-0.3, -0.25) is 0 Å². The predicted octanol–water partition coefficient (Wildman–Crippen LogP) is 2.80. The molecule has 0 heterocycles. The fourth-order valence-corrected chi connectivity index (χ4v) is 1.32. The Kier molecular flexibility index (Phi) is 3.02. The van der Waals surface area contributed by atoms with Gasteiger partial charge in [-0.15, -0.1) is 0 Å². The SMILES string of the molecule is Cc1c(CC(F)(F)F)cccc1C(=O)O. The minimum absolute atomic E-state index is 0.00222. The standard InChI is InChI=1S/C10H9F3O2/c1-6-7(5-10(11,12)13)3-2-4-8(6)9(14)15/h2-4H,5H2,1H3,(H,14,15). The molecular weight excluding hydrogens is 209 g/mol. The minimum atomic E-state index is -4.32. The second-order valence-electron chi connectivity index (χ2n) is 3.19. The number of alkyl halides is 3. The highest BCUT2D eigenvalue weighted by Crippen LogP contribution is 2.24. The van der Waals surface area contributed by atoms with Gasteiger partial charge in [0.25, 0.3) is 0 Å². The molecule has 0 amide bonds. The quantitative estimate of drug-likeness (QED) is 0.828. The second-order valence-corrected chi connectivity index (χ2v) is 3.19. The van der Waals surface area contributed by atoms with Crippen molar-refractivity contribution in [2.24, 2.45) is 0 Å². The van der Waals surface area contributed by atoms with Crippen molar-refractivity contribution < 1.29 is 23.1 Å². The molecule has 0 atom stereocenters. The van der Waals surface area contributed by atoms with Crippen LogP contribution in [0.2, 0.25) is 0 Å². The maximum Gasteiger partial charge on any atom is 0.393 e. The van der Waals surface area contributed by atoms with Gasteiger partial charge < -0.3 is 5.11 Å². The second kappa shape index (κ2) is 3.92. The first-order chi connectivity index (χ1) is 6.81. The maximum absolute atomic E-state index is 12.1. The van der Waals surface area contributed by atoms with Crippen molar-refractivity contribution in [3.8, 4) is 0 Å². The Bertz CT molecular complexity index is 383. The normalized spacial score (nSPS) is 11.5. The highest BCUT2D eigenvalue weighted by Gasteiger charge is 2.29. The van der Waals surface area contributed by atoms with Crippen LogP contribution in [0, 0.1) is 6.92 Å². The number of aromatic carboxylic acids is 1. The van der Waals surface area contributed by atoms with E-state index in [4.69, 9.17) is 5.11 Å². The topological polar surface area (TPSA) is 37.3 Å². The van der Waals surface area contributed by atoms with Crippen LogP contribution in [0.25, 0.3) is 0 Å². The molecule has 0 saturated heterocycles. The molecule has 0 bridgehead atoms. The number of rotatable bonds is 2. The van der Waals surface area contributed by atoms with Crippen molar-refractivity contribution >= 4 is 5.97 Å². The van der Waals surface area contributed by atoms with Gasteiger partial charge in [-0.1, -0.05) is 12.1 Å². The van der Waals surface area contributed by atoms with E-state index in [1.54, 1.807) is 0 Å². The third kappa shape index (κ3) is 2.97. The van der Waals surface area contributed by atoms with E-state index in [0.717, 1.165) is 0 Å². The molecule has 0 radical (unpaired) electrons. The van der Waals surface area contributed by atoms with E-state index in [0.29, 0.717) is 0 Å². The molecule has 0 spiro atoms. The van der Waals surface area contributed by atoms with E-state index in [1.807, 2.05) is 0 Å². The number of benzene rings is 1. The molecule has 5 heteroatoms. The van der Waals surface area contributed by atoms with Crippen LogP contribution in [-0.4, -0.2) is 17.3 Å². The monoisotopic (exact) mass is 218 g/mol. The molecule has 1 aromatic carbocycles. The molecule has 2 nitrogen and oxygen atoms in total. The van der Waals surface area contributed by atoms with E-state index >= 15 is 0 Å². The lowest BCUT2D eigenvalue weighted by atomic mass is 10.00. The summed E-state index contributed by atoms with van der Waals surface area (Å²) in [6, 6.07) is 3.89. The van der Waals surface area contributed by atoms with Gasteiger partial charge in [-0.25, -0.2) is 4.79 Å². The Hall–Kier alpha value is -1.52. The molecule has 0 aliphatic heterocycles. The van der Waals surface area contributed by atoms with Crippen molar-refractivity contribution in [1.82, 2.24) is 0 Å². The van der Waals surface area contributed by atoms with Crippen LogP contribution in [0.15, 0.2) is 18.2 Å². The summed E-state index contributed by atoms with van der Waals surface area (Å²) in [7, 11) is 0. The van der Waals surface area contributed by atoms with Crippen molar-refractivity contribution in [2.75, 3.05) is 0 Å². The summed E-state index contributed by atoms with van der Waals surface area (Å²) in [4.78, 5) is 10.7. The molecule has 1 N–H and O–H groups in total. The molecule has 0 aliphatic carbocycles. The number of hydrogen-bond acceptors (Lipinski definition) is 1. The lowest BCUT2D eigenvalue weighted by Gasteiger charge is -2.10. The van der Waals surface area contributed by atoms with Gasteiger partial charge in [0.2, 0.25) is 0 Å². The Morgan fingerprint density at radius 1 is 1.40 bits per heavy atom. The number of carboxylic acids is 1. The van der Waals surface area contributed by atoms with E-state index < -0.39 is 18.6 Å². The van der Waals surface area contributed by atoms with Crippen LogP contribution in [0.4, 0.5) is 13.2 Å². The molecule has 0 saturated carbocycles. The molecule has 1 aromatic rings. The van der Waals surface area contributed by atoms with Gasteiger partial charge in [-0.2, -0.15) is 13.2 Å². The van der Waals surface area contributed by atoms with E-state index in [9.17, 15) is 18.0 Å². The first-order valence-electron chi connectivity index (χ1n) is 4.20. The highest BCUT2D eigenvalue weighted by atomic mass is 19.4. The number of carbonyl (C=O) groups is 1. The van der Waals surface area contributed by atoms with Crippen molar-refractivity contribution in [1.29, 1.82) is 0 Å². The fraction of sp³-hybridized carbons (Fsp3) is 0.300. The molecule has 82 valence electrons. The zero-order valence-corrected chi connectivity index (χ0v) is 7.93. The minimum Gasteiger partial charge on any atom is -0.478 e. The first-order valence-corrected chi connectivity index (χ1v) is 4.20. The van der Waals surface area contributed by atoms with E-state index in [-0.39, 0.29) is 16.7 Å². The van der Waals surface area contributed by atoms with Crippen LogP contribution in [0.3, 0.4) is 0 Å². The van der Waals surface area contributed by atoms with Gasteiger partial charge in [0.05, 0.1) is 12.0 Å². The zero-order chi connectivity index (χ0) is 11.6. The van der Waals surface area contributed by atoms with E-state index in [1.165, 1.54) is 25.1 Å². The van der Waals surface area contributed by atoms with Crippen LogP contribution in [-0.2, 0) is 6.42 Å². The number of halogens is 3. The number of hydrogen-bond donors (Lipinski definition) is 1. The van der Waals surface area contributed by atoms with Crippen molar-refractivity contribution in [3.63, 3.8) is 0 Å². The van der Waals surface area contributed by atoms with Gasteiger partial charge in [-0.05, 0) is 24.1 Å². The lowest BCUT2D eigenvalue weighted by molar-refractivity contribution is -0.127. The Morgan fingerprint density at radius 3 is 2.47 bits per heavy atom. The summed E-state index contributed by atoms with van der Waals surface area (Å²) < 4.78 is 36.3. The summed E-state index contributed by atoms with van der Waals surface area (Å²) in [5.74, 6) is -1.21. The summed E-state index contributed by atoms with van der Waals surface area (Å²) in [6.45, 7) is 1.38. The summed E-state index contributed by atoms with van der Waals surface area (Å²) in [5.41, 5.74) is 0.0847. The largest absolute Gasteiger partial charge is 0.478 e. The molecule has 1 rings (SSSR count). The van der Waals surface area contributed by atoms with Gasteiger partial charge in [0, 0.05) is 0 Å². The molecule has 0 unspecified atom stereocenters. The summed E-state index contributed by atoms with van der Waals surface area (Å²) in [6.07, 6.45) is -5.41. The van der Waals surface area contributed by atoms with Crippen molar-refractivity contribution in [2.45, 2.75) is 19.5 Å².